The van der Waals surface area contributed by atoms with E-state index in [9.17, 15) is 9.59 Å². The summed E-state index contributed by atoms with van der Waals surface area (Å²) in [5, 5.41) is 3.39. The topological polar surface area (TPSA) is 49.4 Å². The van der Waals surface area contributed by atoms with Crippen molar-refractivity contribution < 1.29 is 9.59 Å². The summed E-state index contributed by atoms with van der Waals surface area (Å²) in [6, 6.07) is 14.4. The zero-order chi connectivity index (χ0) is 16.2. The summed E-state index contributed by atoms with van der Waals surface area (Å²) in [5.74, 6) is 0.0174. The van der Waals surface area contributed by atoms with Crippen LogP contribution in [0.5, 0.6) is 0 Å². The lowest BCUT2D eigenvalue weighted by atomic mass is 10.1. The molecule has 23 heavy (non-hydrogen) atoms. The normalized spacial score (nSPS) is 14.1. The molecule has 4 nitrogen and oxygen atoms in total. The molecule has 0 atom stereocenters. The first kappa shape index (κ1) is 15.6. The number of halogens is 1. The van der Waals surface area contributed by atoms with Crippen LogP contribution in [-0.2, 0) is 11.3 Å². The molecule has 1 aliphatic heterocycles. The maximum Gasteiger partial charge on any atom is 0.255 e. The van der Waals surface area contributed by atoms with Crippen LogP contribution < -0.4 is 5.32 Å². The number of hydrogen-bond acceptors (Lipinski definition) is 2. The molecule has 5 heteroatoms. The van der Waals surface area contributed by atoms with Crippen molar-refractivity contribution in [3.63, 3.8) is 0 Å². The second-order valence-corrected chi connectivity index (χ2v) is 6.02. The minimum absolute atomic E-state index is 0.184. The molecule has 0 radical (unpaired) electrons. The first-order chi connectivity index (χ1) is 11.1. The number of likely N-dealkylation sites (tertiary alicyclic amines) is 1. The van der Waals surface area contributed by atoms with Gasteiger partial charge in [0.05, 0.1) is 0 Å². The Morgan fingerprint density at radius 1 is 1.17 bits per heavy atom. The van der Waals surface area contributed by atoms with Crippen molar-refractivity contribution in [3.05, 3.63) is 64.7 Å². The van der Waals surface area contributed by atoms with E-state index in [1.807, 2.05) is 17.0 Å². The van der Waals surface area contributed by atoms with Crippen LogP contribution in [0.15, 0.2) is 48.5 Å². The Morgan fingerprint density at radius 3 is 2.61 bits per heavy atom. The van der Waals surface area contributed by atoms with E-state index in [1.165, 1.54) is 0 Å². The van der Waals surface area contributed by atoms with E-state index in [4.69, 9.17) is 11.6 Å². The SMILES string of the molecule is O=C(Nc1cccc(Cl)c1)c1ccc(CN2CCCC2=O)cc1. The molecule has 0 bridgehead atoms. The summed E-state index contributed by atoms with van der Waals surface area (Å²) in [5.41, 5.74) is 2.26. The highest BCUT2D eigenvalue weighted by Gasteiger charge is 2.19. The van der Waals surface area contributed by atoms with E-state index in [-0.39, 0.29) is 11.8 Å². The Balaban J connectivity index is 1.64. The lowest BCUT2D eigenvalue weighted by Gasteiger charge is -2.15. The molecule has 3 rings (SSSR count). The molecule has 118 valence electrons. The Kier molecular flexibility index (Phi) is 4.63. The van der Waals surface area contributed by atoms with Crippen molar-refractivity contribution in [1.82, 2.24) is 4.90 Å². The molecule has 1 fully saturated rings. The number of nitrogens with one attached hydrogen (secondary N) is 1. The first-order valence-corrected chi connectivity index (χ1v) is 7.93. The van der Waals surface area contributed by atoms with E-state index in [1.54, 1.807) is 36.4 Å². The van der Waals surface area contributed by atoms with Crippen LogP contribution in [0.1, 0.15) is 28.8 Å². The van der Waals surface area contributed by atoms with Gasteiger partial charge < -0.3 is 10.2 Å². The fraction of sp³-hybridized carbons (Fsp3) is 0.222. The van der Waals surface area contributed by atoms with E-state index >= 15 is 0 Å². The van der Waals surface area contributed by atoms with Crippen LogP contribution in [0.2, 0.25) is 5.02 Å². The molecule has 0 saturated carbocycles. The average molecular weight is 329 g/mol. The predicted molar refractivity (Wildman–Crippen MR) is 90.5 cm³/mol. The van der Waals surface area contributed by atoms with Gasteiger partial charge in [-0.15, -0.1) is 0 Å². The van der Waals surface area contributed by atoms with E-state index < -0.39 is 0 Å². The summed E-state index contributed by atoms with van der Waals surface area (Å²) in [4.78, 5) is 25.7. The minimum Gasteiger partial charge on any atom is -0.338 e. The van der Waals surface area contributed by atoms with Gasteiger partial charge >= 0.3 is 0 Å². The summed E-state index contributed by atoms with van der Waals surface area (Å²) in [7, 11) is 0. The van der Waals surface area contributed by atoms with Crippen LogP contribution in [-0.4, -0.2) is 23.3 Å². The zero-order valence-corrected chi connectivity index (χ0v) is 13.3. The lowest BCUT2D eigenvalue weighted by molar-refractivity contribution is -0.128. The van der Waals surface area contributed by atoms with Gasteiger partial charge in [0.1, 0.15) is 0 Å². The van der Waals surface area contributed by atoms with Gasteiger partial charge in [-0.25, -0.2) is 0 Å². The summed E-state index contributed by atoms with van der Waals surface area (Å²) < 4.78 is 0. The van der Waals surface area contributed by atoms with Crippen molar-refractivity contribution in [1.29, 1.82) is 0 Å². The number of hydrogen-bond donors (Lipinski definition) is 1. The van der Waals surface area contributed by atoms with Crippen LogP contribution in [0, 0.1) is 0 Å². The number of carbonyl (C=O) groups excluding carboxylic acids is 2. The van der Waals surface area contributed by atoms with Gasteiger partial charge in [0.15, 0.2) is 0 Å². The molecule has 1 heterocycles. The Labute approximate surface area is 140 Å². The number of nitrogens with zero attached hydrogens (tertiary/aromatic N) is 1. The standard InChI is InChI=1S/C18H17ClN2O2/c19-15-3-1-4-16(11-15)20-18(23)14-8-6-13(7-9-14)12-21-10-2-5-17(21)22/h1,3-4,6-9,11H,2,5,10,12H2,(H,20,23). The highest BCUT2D eigenvalue weighted by atomic mass is 35.5. The third-order valence-corrected chi connectivity index (χ3v) is 4.08. The van der Waals surface area contributed by atoms with E-state index in [0.717, 1.165) is 18.5 Å². The second-order valence-electron chi connectivity index (χ2n) is 5.58. The van der Waals surface area contributed by atoms with Crippen molar-refractivity contribution in [2.45, 2.75) is 19.4 Å². The highest BCUT2D eigenvalue weighted by molar-refractivity contribution is 6.30. The second kappa shape index (κ2) is 6.84. The average Bonchev–Trinajstić information content (AvgIpc) is 2.93. The first-order valence-electron chi connectivity index (χ1n) is 7.55. The number of amides is 2. The maximum atomic E-state index is 12.2. The quantitative estimate of drug-likeness (QED) is 0.930. The summed E-state index contributed by atoms with van der Waals surface area (Å²) in [6.07, 6.45) is 1.57. The van der Waals surface area contributed by atoms with Crippen molar-refractivity contribution in [2.24, 2.45) is 0 Å². The zero-order valence-electron chi connectivity index (χ0n) is 12.6. The van der Waals surface area contributed by atoms with Gasteiger partial charge in [0.25, 0.3) is 5.91 Å². The van der Waals surface area contributed by atoms with Crippen LogP contribution >= 0.6 is 11.6 Å². The molecule has 0 unspecified atom stereocenters. The van der Waals surface area contributed by atoms with Gasteiger partial charge in [-0.1, -0.05) is 29.8 Å². The maximum absolute atomic E-state index is 12.2. The Hall–Kier alpha value is -2.33. The fourth-order valence-corrected chi connectivity index (χ4v) is 2.81. The Bertz CT molecular complexity index is 728. The minimum atomic E-state index is -0.184. The Morgan fingerprint density at radius 2 is 1.96 bits per heavy atom. The largest absolute Gasteiger partial charge is 0.338 e. The van der Waals surface area contributed by atoms with Crippen molar-refractivity contribution >= 4 is 29.1 Å². The number of anilines is 1. The molecule has 1 saturated heterocycles. The number of benzene rings is 2. The van der Waals surface area contributed by atoms with Gasteiger partial charge in [0.2, 0.25) is 5.91 Å². The smallest absolute Gasteiger partial charge is 0.255 e. The highest BCUT2D eigenvalue weighted by Crippen LogP contribution is 2.17. The molecule has 2 amide bonds. The van der Waals surface area contributed by atoms with Gasteiger partial charge in [-0.05, 0) is 42.3 Å². The van der Waals surface area contributed by atoms with Gasteiger partial charge in [-0.2, -0.15) is 0 Å². The van der Waals surface area contributed by atoms with Crippen LogP contribution in [0.25, 0.3) is 0 Å². The third kappa shape index (κ3) is 3.90. The molecular weight excluding hydrogens is 312 g/mol. The monoisotopic (exact) mass is 328 g/mol. The molecule has 1 N–H and O–H groups in total. The lowest BCUT2D eigenvalue weighted by Crippen LogP contribution is -2.23. The number of rotatable bonds is 4. The van der Waals surface area contributed by atoms with Gasteiger partial charge in [-0.3, -0.25) is 9.59 Å². The summed E-state index contributed by atoms with van der Waals surface area (Å²) >= 11 is 5.90. The molecule has 0 aromatic heterocycles. The molecule has 2 aromatic rings. The van der Waals surface area contributed by atoms with E-state index in [2.05, 4.69) is 5.32 Å². The van der Waals surface area contributed by atoms with Gasteiger partial charge in [0, 0.05) is 35.8 Å². The van der Waals surface area contributed by atoms with Crippen molar-refractivity contribution in [3.8, 4) is 0 Å². The predicted octanol–water partition coefficient (Wildman–Crippen LogP) is 3.71. The molecule has 0 spiro atoms. The van der Waals surface area contributed by atoms with E-state index in [0.29, 0.717) is 29.2 Å². The molecule has 2 aromatic carbocycles. The fourth-order valence-electron chi connectivity index (χ4n) is 2.62. The number of carbonyl (C=O) groups is 2. The van der Waals surface area contributed by atoms with Crippen LogP contribution in [0.3, 0.4) is 0 Å². The summed E-state index contributed by atoms with van der Waals surface area (Å²) in [6.45, 7) is 1.42. The molecule has 1 aliphatic rings. The third-order valence-electron chi connectivity index (χ3n) is 3.84. The van der Waals surface area contributed by atoms with Crippen molar-refractivity contribution in [2.75, 3.05) is 11.9 Å². The molecule has 0 aliphatic carbocycles. The van der Waals surface area contributed by atoms with Crippen LogP contribution in [0.4, 0.5) is 5.69 Å². The molecular formula is C18H17ClN2O2.